The van der Waals surface area contributed by atoms with Gasteiger partial charge in [0.1, 0.15) is 11.7 Å². The number of aromatic nitrogens is 1. The van der Waals surface area contributed by atoms with E-state index < -0.39 is 58.4 Å². The van der Waals surface area contributed by atoms with Crippen molar-refractivity contribution < 1.29 is 32.2 Å². The second-order valence-electron chi connectivity index (χ2n) is 8.33. The fourth-order valence-electron chi connectivity index (χ4n) is 5.12. The number of hydrogen-bond donors (Lipinski definition) is 0. The van der Waals surface area contributed by atoms with Crippen molar-refractivity contribution in [1.29, 1.82) is 5.26 Å². The number of nitriles is 1. The van der Waals surface area contributed by atoms with Crippen LogP contribution in [0.3, 0.4) is 0 Å². The van der Waals surface area contributed by atoms with E-state index in [-0.39, 0.29) is 13.1 Å². The smallest absolute Gasteiger partial charge is 0.375 e. The highest BCUT2D eigenvalue weighted by molar-refractivity contribution is 6.23. The normalized spacial score (nSPS) is 34.0. The number of alkyl halides is 3. The van der Waals surface area contributed by atoms with E-state index >= 15 is 0 Å². The predicted octanol–water partition coefficient (Wildman–Crippen LogP) is 3.46. The molecule has 0 aliphatic carbocycles. The number of amides is 2. The van der Waals surface area contributed by atoms with Crippen LogP contribution in [-0.4, -0.2) is 40.7 Å². The fourth-order valence-corrected chi connectivity index (χ4v) is 5.12. The van der Waals surface area contributed by atoms with Crippen molar-refractivity contribution in [3.05, 3.63) is 23.5 Å². The zero-order chi connectivity index (χ0) is 22.1. The number of pyridine rings is 1. The van der Waals surface area contributed by atoms with Gasteiger partial charge in [-0.2, -0.15) is 18.4 Å². The SMILES string of the molecule is C.CCCO[C@H]1C[C@@]2(C)O[C@]1(C)[C@@H]1C(=O)N(c3cnc(C#N)c(C(F)(F)F)c3)C(=O)[C@@H]12. The second-order valence-corrected chi connectivity index (χ2v) is 8.33. The number of carbonyl (C=O) groups is 2. The summed E-state index contributed by atoms with van der Waals surface area (Å²) in [5.41, 5.74) is -4.42. The molecule has 4 rings (SSSR count). The summed E-state index contributed by atoms with van der Waals surface area (Å²) >= 11 is 0. The molecule has 31 heavy (non-hydrogen) atoms. The molecule has 2 bridgehead atoms. The Bertz CT molecular complexity index is 976. The van der Waals surface area contributed by atoms with E-state index in [4.69, 9.17) is 14.7 Å². The molecule has 3 fully saturated rings. The van der Waals surface area contributed by atoms with Gasteiger partial charge in [0.15, 0.2) is 5.69 Å². The molecule has 0 N–H and O–H groups in total. The lowest BCUT2D eigenvalue weighted by molar-refractivity contribution is -0.139. The molecule has 0 aromatic carbocycles. The van der Waals surface area contributed by atoms with E-state index in [1.54, 1.807) is 13.8 Å². The first kappa shape index (κ1) is 23.2. The topological polar surface area (TPSA) is 92.5 Å². The van der Waals surface area contributed by atoms with E-state index in [1.807, 2.05) is 6.92 Å². The van der Waals surface area contributed by atoms with Gasteiger partial charge in [0.05, 0.1) is 41.0 Å². The molecule has 10 heteroatoms. The first-order chi connectivity index (χ1) is 14.0. The number of anilines is 1. The van der Waals surface area contributed by atoms with Crippen LogP contribution in [0.4, 0.5) is 18.9 Å². The van der Waals surface area contributed by atoms with Crippen molar-refractivity contribution in [3.63, 3.8) is 0 Å². The van der Waals surface area contributed by atoms with Crippen LogP contribution < -0.4 is 4.90 Å². The molecule has 0 radical (unpaired) electrons. The van der Waals surface area contributed by atoms with E-state index in [2.05, 4.69) is 4.98 Å². The Balaban J connectivity index is 0.00000272. The van der Waals surface area contributed by atoms with Gasteiger partial charge in [0, 0.05) is 13.0 Å². The third-order valence-electron chi connectivity index (χ3n) is 6.33. The molecule has 3 aliphatic heterocycles. The maximum absolute atomic E-state index is 13.3. The standard InChI is InChI=1S/C20H20F3N3O4.CH4/c1-4-5-29-13-7-18(2)14-15(19(13,3)30-18)17(28)26(16(14)27)10-6-11(20(21,22)23)12(8-24)25-9-10;/h6,9,13-15H,4-5,7H2,1-3H3;1H4/t13-,14+,15-,18+,19-;/m0./s1. The van der Waals surface area contributed by atoms with Crippen molar-refractivity contribution in [3.8, 4) is 6.07 Å². The third kappa shape index (κ3) is 3.13. The average molecular weight is 439 g/mol. The van der Waals surface area contributed by atoms with Crippen LogP contribution in [-0.2, 0) is 25.2 Å². The molecule has 168 valence electrons. The Kier molecular flexibility index (Phi) is 5.44. The van der Waals surface area contributed by atoms with Gasteiger partial charge in [-0.1, -0.05) is 14.4 Å². The van der Waals surface area contributed by atoms with Gasteiger partial charge in [-0.15, -0.1) is 0 Å². The molecule has 0 saturated carbocycles. The van der Waals surface area contributed by atoms with Gasteiger partial charge in [0.25, 0.3) is 0 Å². The van der Waals surface area contributed by atoms with Gasteiger partial charge >= 0.3 is 6.18 Å². The first-order valence-corrected chi connectivity index (χ1v) is 9.65. The fraction of sp³-hybridized carbons (Fsp3) is 0.619. The maximum atomic E-state index is 13.3. The minimum Gasteiger partial charge on any atom is -0.375 e. The van der Waals surface area contributed by atoms with E-state index in [0.717, 1.165) is 17.5 Å². The van der Waals surface area contributed by atoms with Crippen LogP contribution in [0.15, 0.2) is 12.3 Å². The number of hydrogen-bond acceptors (Lipinski definition) is 6. The zero-order valence-electron chi connectivity index (χ0n) is 16.6. The molecule has 7 nitrogen and oxygen atoms in total. The number of ether oxygens (including phenoxy) is 2. The summed E-state index contributed by atoms with van der Waals surface area (Å²) < 4.78 is 52.0. The lowest BCUT2D eigenvalue weighted by Gasteiger charge is -2.35. The van der Waals surface area contributed by atoms with Crippen LogP contribution in [0.2, 0.25) is 0 Å². The Morgan fingerprint density at radius 1 is 1.32 bits per heavy atom. The third-order valence-corrected chi connectivity index (χ3v) is 6.33. The Morgan fingerprint density at radius 2 is 1.97 bits per heavy atom. The van der Waals surface area contributed by atoms with Crippen molar-refractivity contribution in [2.24, 2.45) is 11.8 Å². The molecular weight excluding hydrogens is 415 g/mol. The van der Waals surface area contributed by atoms with Gasteiger partial charge in [-0.05, 0) is 26.3 Å². The minimum absolute atomic E-state index is 0. The molecule has 3 aliphatic rings. The van der Waals surface area contributed by atoms with Crippen molar-refractivity contribution in [1.82, 2.24) is 4.98 Å². The van der Waals surface area contributed by atoms with Crippen molar-refractivity contribution in [2.45, 2.75) is 64.5 Å². The highest BCUT2D eigenvalue weighted by Crippen LogP contribution is 2.61. The number of rotatable bonds is 4. The monoisotopic (exact) mass is 439 g/mol. The number of carbonyl (C=O) groups excluding carboxylic acids is 2. The molecular formula is C21H24F3N3O4. The highest BCUT2D eigenvalue weighted by Gasteiger charge is 2.76. The summed E-state index contributed by atoms with van der Waals surface area (Å²) in [6.45, 7) is 5.87. The molecule has 1 aromatic rings. The van der Waals surface area contributed by atoms with Gasteiger partial charge < -0.3 is 9.47 Å². The summed E-state index contributed by atoms with van der Waals surface area (Å²) in [7, 11) is 0. The predicted molar refractivity (Wildman–Crippen MR) is 103 cm³/mol. The van der Waals surface area contributed by atoms with Crippen molar-refractivity contribution in [2.75, 3.05) is 11.5 Å². The first-order valence-electron chi connectivity index (χ1n) is 9.65. The van der Waals surface area contributed by atoms with Crippen LogP contribution in [0.25, 0.3) is 0 Å². The van der Waals surface area contributed by atoms with Crippen molar-refractivity contribution >= 4 is 17.5 Å². The molecule has 0 spiro atoms. The second kappa shape index (κ2) is 7.28. The van der Waals surface area contributed by atoms with Gasteiger partial charge in [-0.3, -0.25) is 9.59 Å². The Hall–Kier alpha value is -2.51. The van der Waals surface area contributed by atoms with E-state index in [0.29, 0.717) is 19.1 Å². The quantitative estimate of drug-likeness (QED) is 0.667. The highest BCUT2D eigenvalue weighted by atomic mass is 19.4. The molecule has 5 atom stereocenters. The number of halogens is 3. The number of fused-ring (bicyclic) bond motifs is 5. The van der Waals surface area contributed by atoms with Gasteiger partial charge in [-0.25, -0.2) is 9.88 Å². The minimum atomic E-state index is -4.85. The largest absolute Gasteiger partial charge is 0.419 e. The Morgan fingerprint density at radius 3 is 2.55 bits per heavy atom. The molecule has 3 saturated heterocycles. The number of imide groups is 1. The maximum Gasteiger partial charge on any atom is 0.419 e. The van der Waals surface area contributed by atoms with Gasteiger partial charge in [0.2, 0.25) is 11.8 Å². The average Bonchev–Trinajstić information content (AvgIpc) is 3.19. The van der Waals surface area contributed by atoms with E-state index in [1.165, 1.54) is 6.07 Å². The lowest BCUT2D eigenvalue weighted by Crippen LogP contribution is -2.50. The molecule has 0 unspecified atom stereocenters. The Labute approximate surface area is 178 Å². The zero-order valence-corrected chi connectivity index (χ0v) is 16.6. The summed E-state index contributed by atoms with van der Waals surface area (Å²) in [5.74, 6) is -2.94. The molecule has 4 heterocycles. The summed E-state index contributed by atoms with van der Waals surface area (Å²) in [6.07, 6.45) is -3.12. The van der Waals surface area contributed by atoms with Crippen LogP contribution in [0.5, 0.6) is 0 Å². The summed E-state index contributed by atoms with van der Waals surface area (Å²) in [4.78, 5) is 30.7. The molecule has 2 amide bonds. The summed E-state index contributed by atoms with van der Waals surface area (Å²) in [5, 5.41) is 8.93. The molecule has 1 aromatic heterocycles. The van der Waals surface area contributed by atoms with Crippen LogP contribution in [0, 0.1) is 23.2 Å². The number of nitrogens with zero attached hydrogens (tertiary/aromatic N) is 3. The van der Waals surface area contributed by atoms with Crippen LogP contribution in [0.1, 0.15) is 52.3 Å². The van der Waals surface area contributed by atoms with E-state index in [9.17, 15) is 22.8 Å². The van der Waals surface area contributed by atoms with Crippen LogP contribution >= 0.6 is 0 Å². The summed E-state index contributed by atoms with van der Waals surface area (Å²) in [6, 6.07) is 2.01. The lowest BCUT2D eigenvalue weighted by atomic mass is 9.67.